The summed E-state index contributed by atoms with van der Waals surface area (Å²) < 4.78 is 6.04. The van der Waals surface area contributed by atoms with Crippen molar-refractivity contribution in [1.82, 2.24) is 4.90 Å². The van der Waals surface area contributed by atoms with Gasteiger partial charge in [0.05, 0.1) is 23.4 Å². The Morgan fingerprint density at radius 2 is 2.38 bits per heavy atom. The molecule has 1 saturated heterocycles. The summed E-state index contributed by atoms with van der Waals surface area (Å²) in [5.41, 5.74) is 0.950. The van der Waals surface area contributed by atoms with E-state index in [4.69, 9.17) is 4.18 Å². The van der Waals surface area contributed by atoms with Crippen LogP contribution < -0.4 is 0 Å². The van der Waals surface area contributed by atoms with E-state index in [0.717, 1.165) is 9.93 Å². The minimum absolute atomic E-state index is 0.0380. The number of rotatable bonds is 4. The summed E-state index contributed by atoms with van der Waals surface area (Å²) in [5, 5.41) is 9.85. The van der Waals surface area contributed by atoms with Gasteiger partial charge in [-0.3, -0.25) is 4.79 Å². The monoisotopic (exact) mass is 261 g/mol. The van der Waals surface area contributed by atoms with Gasteiger partial charge >= 0.3 is 0 Å². The van der Waals surface area contributed by atoms with Crippen LogP contribution in [0.25, 0.3) is 0 Å². The second kappa shape index (κ2) is 4.60. The maximum Gasteiger partial charge on any atom is 0.236 e. The van der Waals surface area contributed by atoms with Crippen LogP contribution in [0.3, 0.4) is 0 Å². The van der Waals surface area contributed by atoms with Crippen LogP contribution in [0.4, 0.5) is 0 Å². The molecular formula is C10H15NO3S2. The minimum Gasteiger partial charge on any atom is -0.392 e. The van der Waals surface area contributed by atoms with Gasteiger partial charge in [-0.2, -0.15) is 0 Å². The molecule has 4 nitrogen and oxygen atoms in total. The van der Waals surface area contributed by atoms with Gasteiger partial charge in [-0.1, -0.05) is 18.7 Å². The Labute approximate surface area is 104 Å². The molecular weight excluding hydrogens is 246 g/mol. The number of hydrogen-bond donors (Lipinski definition) is 1. The van der Waals surface area contributed by atoms with Gasteiger partial charge in [-0.25, -0.2) is 0 Å². The van der Waals surface area contributed by atoms with Crippen molar-refractivity contribution in [3.8, 4) is 0 Å². The van der Waals surface area contributed by atoms with E-state index in [1.807, 2.05) is 13.8 Å². The minimum atomic E-state index is -0.527. The molecule has 0 bridgehead atoms. The molecule has 6 heteroatoms. The Balaban J connectivity index is 2.11. The van der Waals surface area contributed by atoms with Crippen LogP contribution in [0.1, 0.15) is 20.3 Å². The van der Waals surface area contributed by atoms with Gasteiger partial charge in [0.25, 0.3) is 0 Å². The molecule has 1 N–H and O–H groups in total. The van der Waals surface area contributed by atoms with Crippen LogP contribution in [-0.4, -0.2) is 34.5 Å². The first-order valence-corrected chi connectivity index (χ1v) is 6.83. The molecule has 0 aromatic heterocycles. The number of carbonyl (C=O) groups excluding carboxylic acids is 1. The number of aliphatic hydroxyl groups excluding tert-OH is 1. The number of thioether (sulfide) groups is 1. The molecule has 0 aromatic rings. The first kappa shape index (κ1) is 12.3. The van der Waals surface area contributed by atoms with Crippen molar-refractivity contribution >= 4 is 29.7 Å². The molecule has 0 aromatic carbocycles. The van der Waals surface area contributed by atoms with Gasteiger partial charge in [-0.05, 0) is 13.3 Å². The van der Waals surface area contributed by atoms with Crippen molar-refractivity contribution in [2.24, 2.45) is 5.92 Å². The second-order valence-corrected chi connectivity index (χ2v) is 6.13. The fourth-order valence-corrected chi connectivity index (χ4v) is 4.35. The summed E-state index contributed by atoms with van der Waals surface area (Å²) in [4.78, 5) is 13.6. The third-order valence-corrected chi connectivity index (χ3v) is 5.32. The molecule has 1 fully saturated rings. The van der Waals surface area contributed by atoms with E-state index in [9.17, 15) is 9.90 Å². The fraction of sp³-hybridized carbons (Fsp3) is 0.700. The normalized spacial score (nSPS) is 30.5. The number of fused-ring (bicyclic) bond motifs is 1. The third-order valence-electron chi connectivity index (χ3n) is 2.96. The molecule has 0 unspecified atom stereocenters. The molecule has 1 amide bonds. The van der Waals surface area contributed by atoms with Crippen molar-refractivity contribution in [1.29, 1.82) is 0 Å². The van der Waals surface area contributed by atoms with Crippen LogP contribution in [-0.2, 0) is 8.98 Å². The molecule has 2 aliphatic heterocycles. The van der Waals surface area contributed by atoms with Crippen molar-refractivity contribution < 1.29 is 14.1 Å². The maximum atomic E-state index is 11.9. The number of β-lactam (4-membered cyclic amide) rings is 1. The Kier molecular flexibility index (Phi) is 3.53. The summed E-state index contributed by atoms with van der Waals surface area (Å²) in [6.45, 7) is 3.81. The van der Waals surface area contributed by atoms with E-state index in [2.05, 4.69) is 0 Å². The van der Waals surface area contributed by atoms with Gasteiger partial charge in [0.2, 0.25) is 5.91 Å². The van der Waals surface area contributed by atoms with E-state index < -0.39 is 6.10 Å². The molecule has 0 saturated carbocycles. The average molecular weight is 261 g/mol. The maximum absolute atomic E-state index is 11.9. The summed E-state index contributed by atoms with van der Waals surface area (Å²) in [6.07, 6.45) is 0.0913. The van der Waals surface area contributed by atoms with Crippen LogP contribution in [0.2, 0.25) is 0 Å². The molecule has 0 spiro atoms. The lowest BCUT2D eigenvalue weighted by atomic mass is 9.90. The third kappa shape index (κ3) is 1.68. The lowest BCUT2D eigenvalue weighted by Gasteiger charge is -2.44. The largest absolute Gasteiger partial charge is 0.392 e. The highest BCUT2D eigenvalue weighted by molar-refractivity contribution is 8.20. The fourth-order valence-electron chi connectivity index (χ4n) is 2.03. The highest BCUT2D eigenvalue weighted by Crippen LogP contribution is 2.53. The van der Waals surface area contributed by atoms with Crippen LogP contribution in [0.5, 0.6) is 0 Å². The predicted molar refractivity (Wildman–Crippen MR) is 65.3 cm³/mol. The molecule has 0 radical (unpaired) electrons. The Morgan fingerprint density at radius 1 is 1.69 bits per heavy atom. The number of nitrogens with zero attached hydrogens (tertiary/aromatic N) is 1. The highest BCUT2D eigenvalue weighted by Gasteiger charge is 2.55. The SMILES string of the molecule is CC[C@H](O)[C@@H]1C(=O)N2C(C)=C(SOC)S[C@H]12. The molecule has 2 heterocycles. The zero-order valence-corrected chi connectivity index (χ0v) is 11.1. The van der Waals surface area contributed by atoms with Crippen LogP contribution in [0.15, 0.2) is 9.93 Å². The summed E-state index contributed by atoms with van der Waals surface area (Å²) in [7, 11) is 1.61. The number of amides is 1. The molecule has 2 rings (SSSR count). The number of hydrogen-bond acceptors (Lipinski definition) is 5. The Morgan fingerprint density at radius 3 is 2.94 bits per heavy atom. The zero-order chi connectivity index (χ0) is 11.9. The second-order valence-electron chi connectivity index (χ2n) is 3.84. The van der Waals surface area contributed by atoms with Gasteiger partial charge in [0.15, 0.2) is 0 Å². The molecule has 3 atom stereocenters. The van der Waals surface area contributed by atoms with E-state index in [0.29, 0.717) is 6.42 Å². The van der Waals surface area contributed by atoms with Crippen molar-refractivity contribution in [3.05, 3.63) is 9.93 Å². The first-order chi connectivity index (χ1) is 7.61. The van der Waals surface area contributed by atoms with E-state index in [1.165, 1.54) is 12.0 Å². The molecule has 16 heavy (non-hydrogen) atoms. The molecule has 0 aliphatic carbocycles. The van der Waals surface area contributed by atoms with Gasteiger partial charge in [-0.15, -0.1) is 0 Å². The van der Waals surface area contributed by atoms with E-state index >= 15 is 0 Å². The van der Waals surface area contributed by atoms with Gasteiger partial charge in [0.1, 0.15) is 5.37 Å². The van der Waals surface area contributed by atoms with Gasteiger partial charge < -0.3 is 14.2 Å². The first-order valence-electron chi connectivity index (χ1n) is 5.21. The smallest absolute Gasteiger partial charge is 0.236 e. The summed E-state index contributed by atoms with van der Waals surface area (Å²) in [5.74, 6) is -0.212. The van der Waals surface area contributed by atoms with Crippen molar-refractivity contribution in [2.45, 2.75) is 31.7 Å². The number of aliphatic hydroxyl groups is 1. The topological polar surface area (TPSA) is 49.8 Å². The standard InChI is InChI=1S/C10H15NO3S2/c1-4-6(12)7-8(13)11-5(2)10(16-14-3)15-9(7)11/h6-7,9,12H,4H2,1-3H3/t6-,7+,9+/m0/s1. The van der Waals surface area contributed by atoms with Gasteiger partial charge in [0, 0.05) is 17.7 Å². The van der Waals surface area contributed by atoms with Crippen LogP contribution in [0, 0.1) is 5.92 Å². The van der Waals surface area contributed by atoms with E-state index in [-0.39, 0.29) is 17.2 Å². The lowest BCUT2D eigenvalue weighted by Crippen LogP contribution is -2.60. The van der Waals surface area contributed by atoms with Crippen molar-refractivity contribution in [3.63, 3.8) is 0 Å². The number of carbonyl (C=O) groups is 1. The molecule has 90 valence electrons. The predicted octanol–water partition coefficient (Wildman–Crippen LogP) is 1.77. The summed E-state index contributed by atoms with van der Waals surface area (Å²) >= 11 is 2.90. The quantitative estimate of drug-likeness (QED) is 0.617. The van der Waals surface area contributed by atoms with Crippen molar-refractivity contribution in [2.75, 3.05) is 7.11 Å². The van der Waals surface area contributed by atoms with Crippen LogP contribution >= 0.6 is 23.8 Å². The lowest BCUT2D eigenvalue weighted by molar-refractivity contribution is -0.153. The Hall–Kier alpha value is -0.170. The number of allylic oxidation sites excluding steroid dienone is 1. The Bertz CT molecular complexity index is 345. The summed E-state index contributed by atoms with van der Waals surface area (Å²) in [6, 6.07) is 0. The average Bonchev–Trinajstić information content (AvgIpc) is 2.52. The zero-order valence-electron chi connectivity index (χ0n) is 9.47. The highest BCUT2D eigenvalue weighted by atomic mass is 32.2. The molecule has 2 aliphatic rings. The van der Waals surface area contributed by atoms with E-state index in [1.54, 1.807) is 23.8 Å².